The molecule has 8 N–H and O–H groups in total. The summed E-state index contributed by atoms with van der Waals surface area (Å²) in [5, 5.41) is 26.3. The van der Waals surface area contributed by atoms with E-state index in [0.29, 0.717) is 12.2 Å². The number of sulfonamides is 1. The molecule has 22 heteroatoms. The summed E-state index contributed by atoms with van der Waals surface area (Å²) >= 11 is 0. The fourth-order valence-corrected chi connectivity index (χ4v) is 13.5. The van der Waals surface area contributed by atoms with Crippen molar-refractivity contribution in [3.8, 4) is 17.4 Å². The van der Waals surface area contributed by atoms with E-state index >= 15 is 0 Å². The van der Waals surface area contributed by atoms with Crippen LogP contribution in [0.25, 0.3) is 54.5 Å². The number of rotatable bonds is 7. The first-order chi connectivity index (χ1) is 45.9. The van der Waals surface area contributed by atoms with Gasteiger partial charge in [-0.1, -0.05) is 114 Å². The molecule has 6 heterocycles. The Morgan fingerprint density at radius 3 is 1.45 bits per heavy atom. The number of Topliss-reactive ketones (excluding diaryl/α,β-unsaturated/α-hetero) is 1. The summed E-state index contributed by atoms with van der Waals surface area (Å²) in [5.74, 6) is 6.53. The number of aromatic nitrogens is 8. The lowest BCUT2D eigenvalue weighted by Gasteiger charge is -2.19. The maximum absolute atomic E-state index is 13.3. The third-order valence-corrected chi connectivity index (χ3v) is 19.6. The van der Waals surface area contributed by atoms with Crippen molar-refractivity contribution in [3.05, 3.63) is 229 Å². The Balaban J connectivity index is 0.000000134. The minimum atomic E-state index is -3.77. The number of benzene rings is 6. The van der Waals surface area contributed by atoms with Crippen molar-refractivity contribution in [1.82, 2.24) is 39.5 Å². The number of pyridine rings is 4. The second-order valence-electron chi connectivity index (χ2n) is 25.5. The van der Waals surface area contributed by atoms with Crippen LogP contribution >= 0.6 is 10.7 Å². The van der Waals surface area contributed by atoms with Crippen LogP contribution in [0.2, 0.25) is 0 Å². The van der Waals surface area contributed by atoms with Gasteiger partial charge in [-0.25, -0.2) is 26.2 Å². The molecular weight excluding hydrogens is 1260 g/mol. The molecule has 15 rings (SSSR count). The fraction of sp³-hybridized carbons (Fsp3) is 0.243. The van der Waals surface area contributed by atoms with E-state index < -0.39 is 19.1 Å². The van der Waals surface area contributed by atoms with Crippen LogP contribution in [-0.2, 0) is 60.4 Å². The van der Waals surface area contributed by atoms with E-state index in [9.17, 15) is 21.6 Å². The highest BCUT2D eigenvalue weighted by Gasteiger charge is 2.29. The lowest BCUT2D eigenvalue weighted by atomic mass is 9.87. The summed E-state index contributed by atoms with van der Waals surface area (Å²) < 4.78 is 55.1. The van der Waals surface area contributed by atoms with Crippen LogP contribution in [0.4, 0.5) is 23.0 Å². The van der Waals surface area contributed by atoms with Crippen molar-refractivity contribution in [1.29, 1.82) is 5.26 Å². The van der Waals surface area contributed by atoms with Crippen molar-refractivity contribution in [3.63, 3.8) is 0 Å². The highest BCUT2D eigenvalue weighted by Crippen LogP contribution is 2.36. The molecular formula is C74H77ClN14O5S2. The molecule has 1 fully saturated rings. The third kappa shape index (κ3) is 16.2. The standard InChI is InChI=1S/C25H26N4O2S.C15H14N4.C10H13ClO2S.C9H9N3.C9H8N2.C6H7NO/c1-25(2,3)18-10-12-19(13-11-18)32(30,31)28-24-21-7-5-8-22(21)27-29(24)23-9-4-6-17-16-26-15-14-20(17)23;16-15-12-4-2-5-13(12)18-19(15)14-6-1-3-10-9-17-8-7-11(10)14;1-10(2,3)8-4-6-9(7-5-8)14(11,12)13;10-12-9-3-1-2-7-6-11-5-4-8(7)9;10-9-3-1-2-7-6-11-5-4-8(7)9;7-4-5-2-1-3-6(5)8/h4,6,9-16,28H,5,7-8H2,1-3H3;1,3,6-9H,2,4-5,16H2;4-7H,1-3H3;1-6,12H,10H2;1-6H,10H2;5H,1-3H2. The minimum Gasteiger partial charge on any atom is -0.398 e. The highest BCUT2D eigenvalue weighted by atomic mass is 35.7. The summed E-state index contributed by atoms with van der Waals surface area (Å²) in [5.41, 5.74) is 24.7. The Morgan fingerprint density at radius 2 is 0.979 bits per heavy atom. The molecule has 0 amide bonds. The van der Waals surface area contributed by atoms with Gasteiger partial charge in [0.1, 0.15) is 23.3 Å². The average Bonchev–Trinajstić information content (AvgIpc) is 1.58. The van der Waals surface area contributed by atoms with E-state index in [-0.39, 0.29) is 32.3 Å². The van der Waals surface area contributed by atoms with Crippen molar-refractivity contribution < 1.29 is 21.6 Å². The van der Waals surface area contributed by atoms with Gasteiger partial charge in [-0.15, -0.1) is 0 Å². The number of halogens is 1. The van der Waals surface area contributed by atoms with Gasteiger partial charge in [0.05, 0.1) is 44.3 Å². The molecule has 19 nitrogen and oxygen atoms in total. The predicted octanol–water partition coefficient (Wildman–Crippen LogP) is 14.6. The smallest absolute Gasteiger partial charge is 0.263 e. The lowest BCUT2D eigenvalue weighted by molar-refractivity contribution is -0.119. The van der Waals surface area contributed by atoms with Gasteiger partial charge in [0.2, 0.25) is 0 Å². The van der Waals surface area contributed by atoms with Gasteiger partial charge in [-0.05, 0) is 146 Å². The zero-order chi connectivity index (χ0) is 68.4. The molecule has 0 saturated heterocycles. The SMILES string of the molecule is CC(C)(C)c1ccc(S(=O)(=O)Cl)cc1.CC(C)(C)c1ccc(S(=O)(=O)Nc2c3c(nn2-c2cccc4cnccc24)CCC3)cc1.N#CC1CCCC1=O.NNc1cccc2cnccc12.Nc1c2c(nn1-c1cccc3cnccc13)CCC2.Nc1cccc2cnccc12. The average molecular weight is 1340 g/mol. The summed E-state index contributed by atoms with van der Waals surface area (Å²) in [6, 6.07) is 47.2. The Bertz CT molecular complexity index is 5020. The number of nitrogen functional groups attached to an aromatic ring is 3. The van der Waals surface area contributed by atoms with E-state index in [1.165, 1.54) is 24.1 Å². The minimum absolute atomic E-state index is 0.0224. The number of ketones is 1. The van der Waals surface area contributed by atoms with Crippen molar-refractivity contribution in [2.45, 2.75) is 120 Å². The molecule has 1 unspecified atom stereocenters. The van der Waals surface area contributed by atoms with Gasteiger partial charge in [0.15, 0.2) is 0 Å². The van der Waals surface area contributed by atoms with Gasteiger partial charge in [-0.3, -0.25) is 35.3 Å². The van der Waals surface area contributed by atoms with E-state index in [4.69, 9.17) is 38.4 Å². The molecule has 6 aromatic carbocycles. The summed E-state index contributed by atoms with van der Waals surface area (Å²) in [6.07, 6.45) is 22.6. The van der Waals surface area contributed by atoms with Crippen LogP contribution in [0, 0.1) is 17.2 Å². The molecule has 3 aliphatic rings. The first-order valence-corrected chi connectivity index (χ1v) is 35.3. The largest absolute Gasteiger partial charge is 0.398 e. The quantitative estimate of drug-likeness (QED) is 0.0429. The van der Waals surface area contributed by atoms with E-state index in [2.05, 4.69) is 88.9 Å². The van der Waals surface area contributed by atoms with Crippen LogP contribution in [0.1, 0.15) is 107 Å². The van der Waals surface area contributed by atoms with Gasteiger partial charge >= 0.3 is 0 Å². The number of fused-ring (bicyclic) bond motifs is 6. The number of nitrogens with one attached hydrogen (secondary N) is 2. The molecule has 492 valence electrons. The molecule has 96 heavy (non-hydrogen) atoms. The summed E-state index contributed by atoms with van der Waals surface area (Å²) in [7, 11) is -2.17. The Morgan fingerprint density at radius 1 is 0.531 bits per heavy atom. The number of nitrogens with two attached hydrogens (primary N) is 3. The van der Waals surface area contributed by atoms with Crippen LogP contribution < -0.4 is 27.5 Å². The fourth-order valence-electron chi connectivity index (χ4n) is 11.6. The van der Waals surface area contributed by atoms with Crippen LogP contribution in [0.3, 0.4) is 0 Å². The second kappa shape index (κ2) is 29.7. The molecule has 0 bridgehead atoms. The number of nitriles is 1. The number of carbonyl (C=O) groups excluding carboxylic acids is 1. The van der Waals surface area contributed by atoms with Gasteiger partial charge in [0, 0.05) is 127 Å². The number of hydrogen-bond donors (Lipinski definition) is 5. The maximum Gasteiger partial charge on any atom is 0.263 e. The molecule has 0 aliphatic heterocycles. The molecule has 0 radical (unpaired) electrons. The van der Waals surface area contributed by atoms with E-state index in [1.54, 1.807) is 59.9 Å². The molecule has 3 aliphatic carbocycles. The summed E-state index contributed by atoms with van der Waals surface area (Å²) in [6.45, 7) is 12.5. The summed E-state index contributed by atoms with van der Waals surface area (Å²) in [4.78, 5) is 27.4. The normalized spacial score (nSPS) is 14.0. The molecule has 1 atom stereocenters. The number of anilines is 4. The molecule has 6 aromatic heterocycles. The maximum atomic E-state index is 13.3. The third-order valence-electron chi connectivity index (χ3n) is 16.9. The van der Waals surface area contributed by atoms with Crippen LogP contribution in [0.5, 0.6) is 0 Å². The highest BCUT2D eigenvalue weighted by molar-refractivity contribution is 8.13. The number of aryl methyl sites for hydroxylation is 2. The molecule has 1 saturated carbocycles. The Hall–Kier alpha value is -10.1. The zero-order valence-corrected chi connectivity index (χ0v) is 56.8. The van der Waals surface area contributed by atoms with E-state index in [1.807, 2.05) is 126 Å². The van der Waals surface area contributed by atoms with Crippen molar-refractivity contribution in [2.75, 3.05) is 21.6 Å². The number of hydrazine groups is 1. The van der Waals surface area contributed by atoms with E-state index in [0.717, 1.165) is 145 Å². The van der Waals surface area contributed by atoms with Crippen molar-refractivity contribution >= 4 is 102 Å². The topological polar surface area (TPSA) is 298 Å². The Labute approximate surface area is 564 Å². The number of hydrogen-bond acceptors (Lipinski definition) is 16. The van der Waals surface area contributed by atoms with Crippen LogP contribution in [0.15, 0.2) is 205 Å². The van der Waals surface area contributed by atoms with Gasteiger partial charge in [-0.2, -0.15) is 15.5 Å². The lowest BCUT2D eigenvalue weighted by Crippen LogP contribution is -2.18. The predicted molar refractivity (Wildman–Crippen MR) is 384 cm³/mol. The van der Waals surface area contributed by atoms with Crippen molar-refractivity contribution in [2.24, 2.45) is 11.8 Å². The van der Waals surface area contributed by atoms with Gasteiger partial charge < -0.3 is 16.9 Å². The monoisotopic (exact) mass is 1340 g/mol. The zero-order valence-electron chi connectivity index (χ0n) is 54.4. The first-order valence-electron chi connectivity index (χ1n) is 31.5. The molecule has 12 aromatic rings. The number of nitrogens with zero attached hydrogens (tertiary/aromatic N) is 9. The number of carbonyl (C=O) groups is 1. The van der Waals surface area contributed by atoms with Gasteiger partial charge in [0.25, 0.3) is 19.1 Å². The van der Waals surface area contributed by atoms with Crippen LogP contribution in [-0.4, -0.2) is 62.1 Å². The second-order valence-corrected chi connectivity index (χ2v) is 29.7. The molecule has 0 spiro atoms. The first kappa shape index (κ1) is 68.7. The Kier molecular flexibility index (Phi) is 21.2.